The number of hydrogen-bond acceptors (Lipinski definition) is 2. The molecule has 0 aromatic rings. The van der Waals surface area contributed by atoms with Crippen LogP contribution in [0, 0.1) is 11.3 Å². The molecule has 1 rings (SSSR count). The average Bonchev–Trinajstić information content (AvgIpc) is 2.26. The summed E-state index contributed by atoms with van der Waals surface area (Å²) < 4.78 is 5.73. The Bertz CT molecular complexity index is 234. The maximum absolute atomic E-state index is 5.73. The van der Waals surface area contributed by atoms with E-state index in [0.717, 1.165) is 19.1 Å². The first-order valence-corrected chi connectivity index (χ1v) is 7.62. The fourth-order valence-electron chi connectivity index (χ4n) is 3.00. The van der Waals surface area contributed by atoms with Crippen molar-refractivity contribution in [1.82, 2.24) is 5.32 Å². The van der Waals surface area contributed by atoms with Gasteiger partial charge in [-0.05, 0) is 57.8 Å². The molecule has 0 saturated heterocycles. The minimum atomic E-state index is -0.0321. The Hall–Kier alpha value is -0.0800. The Labute approximate surface area is 114 Å². The van der Waals surface area contributed by atoms with Crippen LogP contribution in [0.2, 0.25) is 0 Å². The van der Waals surface area contributed by atoms with E-state index in [1.54, 1.807) is 0 Å². The van der Waals surface area contributed by atoms with E-state index in [-0.39, 0.29) is 5.60 Å². The summed E-state index contributed by atoms with van der Waals surface area (Å²) in [5.74, 6) is 0.899. The largest absolute Gasteiger partial charge is 0.375 e. The highest BCUT2D eigenvalue weighted by atomic mass is 16.5. The van der Waals surface area contributed by atoms with Crippen LogP contribution in [-0.4, -0.2) is 24.8 Å². The molecule has 0 amide bonds. The van der Waals surface area contributed by atoms with Crippen molar-refractivity contribution < 1.29 is 4.74 Å². The first-order chi connectivity index (χ1) is 8.24. The van der Waals surface area contributed by atoms with Crippen LogP contribution < -0.4 is 5.32 Å². The molecule has 1 aliphatic rings. The summed E-state index contributed by atoms with van der Waals surface area (Å²) in [6.07, 6.45) is 5.39. The summed E-state index contributed by atoms with van der Waals surface area (Å²) in [5.41, 5.74) is 0.450. The molecule has 18 heavy (non-hydrogen) atoms. The molecule has 0 atom stereocenters. The molecule has 1 aliphatic carbocycles. The van der Waals surface area contributed by atoms with Crippen LogP contribution >= 0.6 is 0 Å². The maximum atomic E-state index is 5.73. The molecule has 0 spiro atoms. The molecule has 0 aliphatic heterocycles. The summed E-state index contributed by atoms with van der Waals surface area (Å²) in [7, 11) is 0. The van der Waals surface area contributed by atoms with Gasteiger partial charge in [0.2, 0.25) is 0 Å². The van der Waals surface area contributed by atoms with E-state index in [9.17, 15) is 0 Å². The van der Waals surface area contributed by atoms with Gasteiger partial charge < -0.3 is 10.1 Å². The Morgan fingerprint density at radius 3 is 2.00 bits per heavy atom. The normalized spacial score (nSPS) is 26.3. The van der Waals surface area contributed by atoms with Crippen molar-refractivity contribution in [1.29, 1.82) is 0 Å². The van der Waals surface area contributed by atoms with Gasteiger partial charge in [-0.15, -0.1) is 0 Å². The zero-order chi connectivity index (χ0) is 13.8. The van der Waals surface area contributed by atoms with Crippen molar-refractivity contribution >= 4 is 0 Å². The van der Waals surface area contributed by atoms with E-state index >= 15 is 0 Å². The smallest absolute Gasteiger partial charge is 0.0750 e. The lowest BCUT2D eigenvalue weighted by atomic mass is 9.71. The first-order valence-electron chi connectivity index (χ1n) is 7.62. The predicted molar refractivity (Wildman–Crippen MR) is 78.9 cm³/mol. The van der Waals surface area contributed by atoms with Crippen LogP contribution in [0.25, 0.3) is 0 Å². The van der Waals surface area contributed by atoms with Crippen LogP contribution in [0.15, 0.2) is 0 Å². The highest BCUT2D eigenvalue weighted by Crippen LogP contribution is 2.37. The lowest BCUT2D eigenvalue weighted by molar-refractivity contribution is -0.0121. The number of hydrogen-bond donors (Lipinski definition) is 1. The van der Waals surface area contributed by atoms with Crippen molar-refractivity contribution in [3.63, 3.8) is 0 Å². The van der Waals surface area contributed by atoms with E-state index in [1.165, 1.54) is 25.7 Å². The van der Waals surface area contributed by atoms with E-state index in [2.05, 4.69) is 46.9 Å². The lowest BCUT2D eigenvalue weighted by Crippen LogP contribution is -2.44. The van der Waals surface area contributed by atoms with Gasteiger partial charge in [-0.3, -0.25) is 0 Å². The predicted octanol–water partition coefficient (Wildman–Crippen LogP) is 4.00. The molecule has 0 heterocycles. The molecular weight excluding hydrogens is 222 g/mol. The van der Waals surface area contributed by atoms with Gasteiger partial charge in [0.1, 0.15) is 0 Å². The number of ether oxygens (including phenoxy) is 1. The summed E-state index contributed by atoms with van der Waals surface area (Å²) in [5, 5.41) is 3.69. The minimum absolute atomic E-state index is 0.0321. The van der Waals surface area contributed by atoms with Crippen molar-refractivity contribution in [3.8, 4) is 0 Å². The van der Waals surface area contributed by atoms with E-state index in [0.29, 0.717) is 11.5 Å². The van der Waals surface area contributed by atoms with Crippen LogP contribution in [0.4, 0.5) is 0 Å². The lowest BCUT2D eigenvalue weighted by Gasteiger charge is -2.38. The van der Waals surface area contributed by atoms with Gasteiger partial charge in [0.05, 0.1) is 5.60 Å². The van der Waals surface area contributed by atoms with Gasteiger partial charge in [0, 0.05) is 19.2 Å². The summed E-state index contributed by atoms with van der Waals surface area (Å²) in [4.78, 5) is 0. The molecular formula is C16H33NO. The molecule has 0 unspecified atom stereocenters. The summed E-state index contributed by atoms with van der Waals surface area (Å²) in [6, 6.07) is 0.698. The third kappa shape index (κ3) is 5.27. The Kier molecular flexibility index (Phi) is 5.67. The third-order valence-electron chi connectivity index (χ3n) is 4.30. The monoisotopic (exact) mass is 255 g/mol. The fourth-order valence-corrected chi connectivity index (χ4v) is 3.00. The molecule has 0 aromatic carbocycles. The van der Waals surface area contributed by atoms with Crippen molar-refractivity contribution in [3.05, 3.63) is 0 Å². The van der Waals surface area contributed by atoms with Gasteiger partial charge in [0.25, 0.3) is 0 Å². The first kappa shape index (κ1) is 16.0. The fraction of sp³-hybridized carbons (Fsp3) is 1.00. The zero-order valence-electron chi connectivity index (χ0n) is 13.3. The molecule has 1 fully saturated rings. The molecule has 108 valence electrons. The molecule has 2 heteroatoms. The SMILES string of the molecule is CCOC(C)(C)CNC1CCC(C(C)(C)C)CC1. The van der Waals surface area contributed by atoms with Crippen molar-refractivity contribution in [2.75, 3.05) is 13.2 Å². The van der Waals surface area contributed by atoms with E-state index < -0.39 is 0 Å². The van der Waals surface area contributed by atoms with Gasteiger partial charge in [0.15, 0.2) is 0 Å². The van der Waals surface area contributed by atoms with Gasteiger partial charge in [-0.2, -0.15) is 0 Å². The highest BCUT2D eigenvalue weighted by molar-refractivity contribution is 4.84. The standard InChI is InChI=1S/C16H33NO/c1-7-18-16(5,6)12-17-14-10-8-13(9-11-14)15(2,3)4/h13-14,17H,7-12H2,1-6H3. The van der Waals surface area contributed by atoms with Gasteiger partial charge >= 0.3 is 0 Å². The van der Waals surface area contributed by atoms with Crippen LogP contribution in [0.3, 0.4) is 0 Å². The second-order valence-electron chi connectivity index (χ2n) is 7.49. The average molecular weight is 255 g/mol. The van der Waals surface area contributed by atoms with E-state index in [1.807, 2.05) is 0 Å². The number of rotatable bonds is 5. The Balaban J connectivity index is 2.28. The number of nitrogens with one attached hydrogen (secondary N) is 1. The Morgan fingerprint density at radius 2 is 1.56 bits per heavy atom. The third-order valence-corrected chi connectivity index (χ3v) is 4.30. The van der Waals surface area contributed by atoms with Crippen LogP contribution in [-0.2, 0) is 4.74 Å². The highest BCUT2D eigenvalue weighted by Gasteiger charge is 2.30. The second-order valence-corrected chi connectivity index (χ2v) is 7.49. The topological polar surface area (TPSA) is 21.3 Å². The summed E-state index contributed by atoms with van der Waals surface area (Å²) >= 11 is 0. The maximum Gasteiger partial charge on any atom is 0.0750 e. The zero-order valence-corrected chi connectivity index (χ0v) is 13.3. The van der Waals surface area contributed by atoms with Crippen LogP contribution in [0.1, 0.15) is 67.2 Å². The van der Waals surface area contributed by atoms with Crippen LogP contribution in [0.5, 0.6) is 0 Å². The van der Waals surface area contributed by atoms with Crippen molar-refractivity contribution in [2.45, 2.75) is 78.9 Å². The quantitative estimate of drug-likeness (QED) is 0.802. The molecule has 1 N–H and O–H groups in total. The second kappa shape index (κ2) is 6.38. The molecule has 1 saturated carbocycles. The molecule has 0 radical (unpaired) electrons. The minimum Gasteiger partial charge on any atom is -0.375 e. The molecule has 0 bridgehead atoms. The van der Waals surface area contributed by atoms with E-state index in [4.69, 9.17) is 4.74 Å². The van der Waals surface area contributed by atoms with Gasteiger partial charge in [-0.25, -0.2) is 0 Å². The summed E-state index contributed by atoms with van der Waals surface area (Å²) in [6.45, 7) is 15.3. The van der Waals surface area contributed by atoms with Crippen molar-refractivity contribution in [2.24, 2.45) is 11.3 Å². The molecule has 0 aromatic heterocycles. The Morgan fingerprint density at radius 1 is 1.00 bits per heavy atom. The van der Waals surface area contributed by atoms with Gasteiger partial charge in [-0.1, -0.05) is 20.8 Å². The molecule has 2 nitrogen and oxygen atoms in total.